The second-order valence-corrected chi connectivity index (χ2v) is 4.07. The quantitative estimate of drug-likeness (QED) is 0.453. The lowest BCUT2D eigenvalue weighted by Gasteiger charge is -2.19. The molecule has 0 heterocycles. The van der Waals surface area contributed by atoms with Gasteiger partial charge in [-0.3, -0.25) is 0 Å². The van der Waals surface area contributed by atoms with Crippen molar-refractivity contribution in [1.82, 2.24) is 0 Å². The zero-order valence-corrected chi connectivity index (χ0v) is 9.34. The number of allylic oxidation sites excluding steroid dienone is 2. The van der Waals surface area contributed by atoms with E-state index in [1.165, 1.54) is 12.0 Å². The Bertz CT molecular complexity index is 166. The van der Waals surface area contributed by atoms with Gasteiger partial charge in [-0.2, -0.15) is 0 Å². The summed E-state index contributed by atoms with van der Waals surface area (Å²) in [4.78, 5) is 10.4. The summed E-state index contributed by atoms with van der Waals surface area (Å²) < 4.78 is 0. The Hall–Kier alpha value is -0.590. The molecule has 2 unspecified atom stereocenters. The van der Waals surface area contributed by atoms with E-state index in [0.717, 1.165) is 12.7 Å². The maximum absolute atomic E-state index is 10.4. The number of hydrogen-bond donors (Lipinski definition) is 0. The Morgan fingerprint density at radius 2 is 1.92 bits per heavy atom. The third kappa shape index (κ3) is 5.62. The van der Waals surface area contributed by atoms with E-state index in [4.69, 9.17) is 0 Å². The molecule has 2 atom stereocenters. The van der Waals surface area contributed by atoms with E-state index < -0.39 is 0 Å². The molecule has 0 fully saturated rings. The topological polar surface area (TPSA) is 17.1 Å². The first-order chi connectivity index (χ1) is 6.11. The number of carbonyl (C=O) groups excluding carboxylic acids is 1. The first-order valence-electron chi connectivity index (χ1n) is 5.18. The molecule has 0 spiro atoms. The number of hydrogen-bond acceptors (Lipinski definition) is 1. The van der Waals surface area contributed by atoms with Crippen LogP contribution in [0.5, 0.6) is 0 Å². The van der Waals surface area contributed by atoms with Gasteiger partial charge < -0.3 is 4.79 Å². The Morgan fingerprint density at radius 3 is 2.31 bits per heavy atom. The molecule has 1 nitrogen and oxygen atoms in total. The van der Waals surface area contributed by atoms with Crippen LogP contribution in [0.2, 0.25) is 0 Å². The Labute approximate surface area is 82.2 Å². The van der Waals surface area contributed by atoms with E-state index in [0.29, 0.717) is 18.3 Å². The van der Waals surface area contributed by atoms with Crippen molar-refractivity contribution in [3.05, 3.63) is 11.6 Å². The third-order valence-corrected chi connectivity index (χ3v) is 2.63. The van der Waals surface area contributed by atoms with Crippen LogP contribution in [0.15, 0.2) is 11.6 Å². The lowest BCUT2D eigenvalue weighted by atomic mass is 9.86. The molecule has 76 valence electrons. The molecule has 0 aliphatic rings. The van der Waals surface area contributed by atoms with Gasteiger partial charge in [0.05, 0.1) is 0 Å². The average Bonchev–Trinajstić information content (AvgIpc) is 2.05. The molecule has 0 aliphatic carbocycles. The Morgan fingerprint density at radius 1 is 1.31 bits per heavy atom. The fourth-order valence-corrected chi connectivity index (χ4v) is 1.53. The molecule has 0 aromatic carbocycles. The smallest absolute Gasteiger partial charge is 0.120 e. The second-order valence-electron chi connectivity index (χ2n) is 4.07. The number of carbonyl (C=O) groups is 1. The van der Waals surface area contributed by atoms with Gasteiger partial charge in [-0.05, 0) is 32.1 Å². The Balaban J connectivity index is 4.01. The zero-order valence-electron chi connectivity index (χ0n) is 9.34. The van der Waals surface area contributed by atoms with Crippen molar-refractivity contribution in [3.8, 4) is 0 Å². The largest absolute Gasteiger partial charge is 0.303 e. The van der Waals surface area contributed by atoms with Crippen LogP contribution in [0.3, 0.4) is 0 Å². The minimum absolute atomic E-state index is 0.526. The van der Waals surface area contributed by atoms with Gasteiger partial charge in [0.25, 0.3) is 0 Å². The molecule has 0 bridgehead atoms. The third-order valence-electron chi connectivity index (χ3n) is 2.63. The fourth-order valence-electron chi connectivity index (χ4n) is 1.53. The normalized spacial score (nSPS) is 14.8. The van der Waals surface area contributed by atoms with Gasteiger partial charge in [-0.15, -0.1) is 0 Å². The summed E-state index contributed by atoms with van der Waals surface area (Å²) in [6.07, 6.45) is 6.30. The SMILES string of the molecule is CCC(CC=C(C)C)C(C)CC=O. The Kier molecular flexibility index (Phi) is 6.56. The maximum atomic E-state index is 10.4. The maximum Gasteiger partial charge on any atom is 0.120 e. The van der Waals surface area contributed by atoms with Gasteiger partial charge in [0.2, 0.25) is 0 Å². The standard InChI is InChI=1S/C12H22O/c1-5-12(7-6-10(2)3)11(4)8-9-13/h6,9,11-12H,5,7-8H2,1-4H3. The highest BCUT2D eigenvalue weighted by Crippen LogP contribution is 2.22. The molecule has 0 N–H and O–H groups in total. The predicted molar refractivity (Wildman–Crippen MR) is 57.7 cm³/mol. The highest BCUT2D eigenvalue weighted by atomic mass is 16.1. The van der Waals surface area contributed by atoms with Crippen LogP contribution in [0.4, 0.5) is 0 Å². The lowest BCUT2D eigenvalue weighted by Crippen LogP contribution is -2.10. The van der Waals surface area contributed by atoms with Crippen molar-refractivity contribution in [2.75, 3.05) is 0 Å². The van der Waals surface area contributed by atoms with Crippen molar-refractivity contribution in [2.45, 2.75) is 47.0 Å². The van der Waals surface area contributed by atoms with Crippen LogP contribution in [-0.2, 0) is 4.79 Å². The first kappa shape index (κ1) is 12.4. The van der Waals surface area contributed by atoms with Gasteiger partial charge in [0.1, 0.15) is 6.29 Å². The lowest BCUT2D eigenvalue weighted by molar-refractivity contribution is -0.108. The van der Waals surface area contributed by atoms with Crippen molar-refractivity contribution in [3.63, 3.8) is 0 Å². The number of aldehydes is 1. The molecule has 1 heteroatoms. The minimum atomic E-state index is 0.526. The van der Waals surface area contributed by atoms with Crippen LogP contribution < -0.4 is 0 Å². The van der Waals surface area contributed by atoms with E-state index in [-0.39, 0.29) is 0 Å². The van der Waals surface area contributed by atoms with Gasteiger partial charge in [0.15, 0.2) is 0 Å². The molecule has 0 aliphatic heterocycles. The summed E-state index contributed by atoms with van der Waals surface area (Å²) in [6.45, 7) is 8.61. The highest BCUT2D eigenvalue weighted by Gasteiger charge is 2.13. The average molecular weight is 182 g/mol. The van der Waals surface area contributed by atoms with Gasteiger partial charge in [-0.25, -0.2) is 0 Å². The molecule has 0 aromatic rings. The van der Waals surface area contributed by atoms with Crippen LogP contribution in [0.1, 0.15) is 47.0 Å². The van der Waals surface area contributed by atoms with Crippen LogP contribution >= 0.6 is 0 Å². The first-order valence-corrected chi connectivity index (χ1v) is 5.18. The highest BCUT2D eigenvalue weighted by molar-refractivity contribution is 5.49. The van der Waals surface area contributed by atoms with E-state index >= 15 is 0 Å². The molecular weight excluding hydrogens is 160 g/mol. The molecule has 13 heavy (non-hydrogen) atoms. The van der Waals surface area contributed by atoms with Crippen LogP contribution in [-0.4, -0.2) is 6.29 Å². The van der Waals surface area contributed by atoms with Crippen LogP contribution in [0.25, 0.3) is 0 Å². The molecular formula is C12H22O. The van der Waals surface area contributed by atoms with Gasteiger partial charge in [-0.1, -0.05) is 31.9 Å². The van der Waals surface area contributed by atoms with Crippen molar-refractivity contribution >= 4 is 6.29 Å². The molecule has 0 amide bonds. The summed E-state index contributed by atoms with van der Waals surface area (Å²) in [5, 5.41) is 0. The number of rotatable bonds is 6. The van der Waals surface area contributed by atoms with E-state index in [2.05, 4.69) is 33.8 Å². The summed E-state index contributed by atoms with van der Waals surface area (Å²) in [5.74, 6) is 1.19. The van der Waals surface area contributed by atoms with Gasteiger partial charge >= 0.3 is 0 Å². The monoisotopic (exact) mass is 182 g/mol. The molecule has 0 rings (SSSR count). The molecule has 0 aromatic heterocycles. The van der Waals surface area contributed by atoms with E-state index in [1.54, 1.807) is 0 Å². The zero-order chi connectivity index (χ0) is 10.3. The van der Waals surface area contributed by atoms with Crippen molar-refractivity contribution in [1.29, 1.82) is 0 Å². The van der Waals surface area contributed by atoms with E-state index in [1.807, 2.05) is 0 Å². The van der Waals surface area contributed by atoms with Gasteiger partial charge in [0, 0.05) is 6.42 Å². The summed E-state index contributed by atoms with van der Waals surface area (Å²) >= 11 is 0. The van der Waals surface area contributed by atoms with E-state index in [9.17, 15) is 4.79 Å². The second kappa shape index (κ2) is 6.88. The molecule has 0 saturated carbocycles. The fraction of sp³-hybridized carbons (Fsp3) is 0.750. The summed E-state index contributed by atoms with van der Waals surface area (Å²) in [6, 6.07) is 0. The van der Waals surface area contributed by atoms with Crippen LogP contribution in [0, 0.1) is 11.8 Å². The van der Waals surface area contributed by atoms with Crippen molar-refractivity contribution < 1.29 is 4.79 Å². The molecule has 0 radical (unpaired) electrons. The summed E-state index contributed by atoms with van der Waals surface area (Å²) in [5.41, 5.74) is 1.37. The molecule has 0 saturated heterocycles. The minimum Gasteiger partial charge on any atom is -0.303 e. The predicted octanol–water partition coefficient (Wildman–Crippen LogP) is 3.59. The summed E-state index contributed by atoms with van der Waals surface area (Å²) in [7, 11) is 0. The van der Waals surface area contributed by atoms with Crippen molar-refractivity contribution in [2.24, 2.45) is 11.8 Å².